The molecule has 0 bridgehead atoms. The molecule has 6 heteroatoms. The first-order valence-electron chi connectivity index (χ1n) is 6.88. The van der Waals surface area contributed by atoms with E-state index in [1.807, 2.05) is 12.1 Å². The Hall–Kier alpha value is -1.46. The summed E-state index contributed by atoms with van der Waals surface area (Å²) in [5.41, 5.74) is 6.69. The number of halogens is 1. The van der Waals surface area contributed by atoms with Crippen LogP contribution in [0.25, 0.3) is 0 Å². The van der Waals surface area contributed by atoms with Crippen molar-refractivity contribution < 1.29 is 5.21 Å². The largest absolute Gasteiger partial charge is 0.409 e. The first-order chi connectivity index (χ1) is 9.69. The molecule has 0 spiro atoms. The van der Waals surface area contributed by atoms with E-state index >= 15 is 0 Å². The molecule has 0 unspecified atom stereocenters. The average Bonchev–Trinajstić information content (AvgIpc) is 2.48. The van der Waals surface area contributed by atoms with Crippen LogP contribution in [-0.4, -0.2) is 48.7 Å². The molecule has 1 saturated heterocycles. The SMILES string of the molecule is N/C(CCCN1CCN(c2ccc(Cl)cc2)CC1)=N\O. The van der Waals surface area contributed by atoms with Crippen LogP contribution in [0.3, 0.4) is 0 Å². The van der Waals surface area contributed by atoms with Gasteiger partial charge in [0.1, 0.15) is 5.84 Å². The van der Waals surface area contributed by atoms with E-state index in [0.717, 1.165) is 44.2 Å². The van der Waals surface area contributed by atoms with Gasteiger partial charge in [0.25, 0.3) is 0 Å². The van der Waals surface area contributed by atoms with Gasteiger partial charge < -0.3 is 15.8 Å². The number of anilines is 1. The summed E-state index contributed by atoms with van der Waals surface area (Å²) in [5, 5.41) is 12.2. The molecule has 0 amide bonds. The lowest BCUT2D eigenvalue weighted by molar-refractivity contribution is 0.255. The minimum absolute atomic E-state index is 0.310. The monoisotopic (exact) mass is 296 g/mol. The van der Waals surface area contributed by atoms with Gasteiger partial charge in [0, 0.05) is 43.3 Å². The number of hydrogen-bond donors (Lipinski definition) is 2. The fourth-order valence-electron chi connectivity index (χ4n) is 2.42. The molecule has 1 aromatic rings. The Bertz CT molecular complexity index is 441. The van der Waals surface area contributed by atoms with Crippen LogP contribution in [0.1, 0.15) is 12.8 Å². The van der Waals surface area contributed by atoms with Crippen LogP contribution >= 0.6 is 11.6 Å². The Morgan fingerprint density at radius 3 is 2.45 bits per heavy atom. The third-order valence-electron chi connectivity index (χ3n) is 3.60. The molecule has 1 aliphatic rings. The van der Waals surface area contributed by atoms with E-state index in [4.69, 9.17) is 22.5 Å². The zero-order valence-electron chi connectivity index (χ0n) is 11.5. The molecule has 110 valence electrons. The zero-order valence-corrected chi connectivity index (χ0v) is 12.3. The van der Waals surface area contributed by atoms with Crippen molar-refractivity contribution in [3.8, 4) is 0 Å². The van der Waals surface area contributed by atoms with Crippen molar-refractivity contribution in [3.05, 3.63) is 29.3 Å². The van der Waals surface area contributed by atoms with Gasteiger partial charge in [-0.15, -0.1) is 0 Å². The van der Waals surface area contributed by atoms with Crippen molar-refractivity contribution >= 4 is 23.1 Å². The summed E-state index contributed by atoms with van der Waals surface area (Å²) in [7, 11) is 0. The maximum Gasteiger partial charge on any atom is 0.139 e. The fourth-order valence-corrected chi connectivity index (χ4v) is 2.54. The Morgan fingerprint density at radius 2 is 1.85 bits per heavy atom. The summed E-state index contributed by atoms with van der Waals surface area (Å²) < 4.78 is 0. The summed E-state index contributed by atoms with van der Waals surface area (Å²) in [4.78, 5) is 4.79. The van der Waals surface area contributed by atoms with E-state index in [0.29, 0.717) is 12.3 Å². The van der Waals surface area contributed by atoms with E-state index in [1.165, 1.54) is 5.69 Å². The number of piperazine rings is 1. The molecule has 5 nitrogen and oxygen atoms in total. The van der Waals surface area contributed by atoms with E-state index < -0.39 is 0 Å². The van der Waals surface area contributed by atoms with Crippen molar-refractivity contribution in [2.24, 2.45) is 10.9 Å². The molecule has 20 heavy (non-hydrogen) atoms. The highest BCUT2D eigenvalue weighted by Gasteiger charge is 2.16. The third kappa shape index (κ3) is 4.28. The molecule has 0 saturated carbocycles. The van der Waals surface area contributed by atoms with Crippen molar-refractivity contribution in [1.29, 1.82) is 0 Å². The number of hydrogen-bond acceptors (Lipinski definition) is 4. The number of benzene rings is 1. The number of amidine groups is 1. The Balaban J connectivity index is 1.73. The minimum atomic E-state index is 0.310. The summed E-state index contributed by atoms with van der Waals surface area (Å²) in [6.07, 6.45) is 1.57. The molecular weight excluding hydrogens is 276 g/mol. The highest BCUT2D eigenvalue weighted by Crippen LogP contribution is 2.19. The van der Waals surface area contributed by atoms with Gasteiger partial charge in [-0.3, -0.25) is 4.90 Å². The number of nitrogens with zero attached hydrogens (tertiary/aromatic N) is 3. The van der Waals surface area contributed by atoms with Gasteiger partial charge in [-0.25, -0.2) is 0 Å². The van der Waals surface area contributed by atoms with Crippen LogP contribution in [-0.2, 0) is 0 Å². The van der Waals surface area contributed by atoms with Gasteiger partial charge in [-0.2, -0.15) is 0 Å². The van der Waals surface area contributed by atoms with Gasteiger partial charge >= 0.3 is 0 Å². The molecule has 1 heterocycles. The minimum Gasteiger partial charge on any atom is -0.409 e. The van der Waals surface area contributed by atoms with E-state index in [1.54, 1.807) is 0 Å². The van der Waals surface area contributed by atoms with Gasteiger partial charge in [-0.05, 0) is 37.2 Å². The standard InChI is InChI=1S/C14H21ClN4O/c15-12-3-5-13(6-4-12)19-10-8-18(9-11-19)7-1-2-14(16)17-20/h3-6,20H,1-2,7-11H2,(H2,16,17). The van der Waals surface area contributed by atoms with Crippen LogP contribution in [0.2, 0.25) is 5.02 Å². The van der Waals surface area contributed by atoms with E-state index in [2.05, 4.69) is 27.1 Å². The second kappa shape index (κ2) is 7.36. The van der Waals surface area contributed by atoms with Gasteiger partial charge in [0.2, 0.25) is 0 Å². The zero-order chi connectivity index (χ0) is 14.4. The Kier molecular flexibility index (Phi) is 5.49. The normalized spacial score (nSPS) is 17.4. The van der Waals surface area contributed by atoms with Gasteiger partial charge in [0.05, 0.1) is 0 Å². The summed E-state index contributed by atoms with van der Waals surface area (Å²) in [6, 6.07) is 7.99. The lowest BCUT2D eigenvalue weighted by atomic mass is 10.2. The molecule has 3 N–H and O–H groups in total. The molecule has 2 rings (SSSR count). The summed E-state index contributed by atoms with van der Waals surface area (Å²) in [5.74, 6) is 0.310. The summed E-state index contributed by atoms with van der Waals surface area (Å²) >= 11 is 5.90. The topological polar surface area (TPSA) is 65.1 Å². The number of oxime groups is 1. The smallest absolute Gasteiger partial charge is 0.139 e. The third-order valence-corrected chi connectivity index (χ3v) is 3.85. The van der Waals surface area contributed by atoms with Crippen LogP contribution in [0, 0.1) is 0 Å². The van der Waals surface area contributed by atoms with Gasteiger partial charge in [-0.1, -0.05) is 16.8 Å². The first kappa shape index (κ1) is 14.9. The molecule has 0 aliphatic carbocycles. The Morgan fingerprint density at radius 1 is 1.20 bits per heavy atom. The van der Waals surface area contributed by atoms with Crippen molar-refractivity contribution in [2.45, 2.75) is 12.8 Å². The lowest BCUT2D eigenvalue weighted by Gasteiger charge is -2.36. The molecule has 1 aliphatic heterocycles. The first-order valence-corrected chi connectivity index (χ1v) is 7.26. The van der Waals surface area contributed by atoms with Crippen LogP contribution in [0.4, 0.5) is 5.69 Å². The average molecular weight is 297 g/mol. The molecule has 1 fully saturated rings. The maximum absolute atomic E-state index is 8.49. The van der Waals surface area contributed by atoms with Crippen molar-refractivity contribution in [1.82, 2.24) is 4.90 Å². The molecular formula is C14H21ClN4O. The van der Waals surface area contributed by atoms with Crippen molar-refractivity contribution in [3.63, 3.8) is 0 Å². The van der Waals surface area contributed by atoms with Crippen LogP contribution in [0.15, 0.2) is 29.4 Å². The Labute approximate surface area is 124 Å². The second-order valence-corrected chi connectivity index (χ2v) is 5.44. The van der Waals surface area contributed by atoms with Gasteiger partial charge in [0.15, 0.2) is 0 Å². The summed E-state index contributed by atoms with van der Waals surface area (Å²) in [6.45, 7) is 5.11. The lowest BCUT2D eigenvalue weighted by Crippen LogP contribution is -2.46. The van der Waals surface area contributed by atoms with Crippen LogP contribution in [0.5, 0.6) is 0 Å². The number of rotatable bonds is 5. The predicted octanol–water partition coefficient (Wildman–Crippen LogP) is 1.99. The van der Waals surface area contributed by atoms with Crippen LogP contribution < -0.4 is 10.6 Å². The maximum atomic E-state index is 8.49. The molecule has 0 radical (unpaired) electrons. The fraction of sp³-hybridized carbons (Fsp3) is 0.500. The predicted molar refractivity (Wildman–Crippen MR) is 82.7 cm³/mol. The highest BCUT2D eigenvalue weighted by molar-refractivity contribution is 6.30. The molecule has 1 aromatic carbocycles. The quantitative estimate of drug-likeness (QED) is 0.377. The molecule has 0 aromatic heterocycles. The van der Waals surface area contributed by atoms with E-state index in [9.17, 15) is 0 Å². The van der Waals surface area contributed by atoms with E-state index in [-0.39, 0.29) is 0 Å². The van der Waals surface area contributed by atoms with Crippen molar-refractivity contribution in [2.75, 3.05) is 37.6 Å². The second-order valence-electron chi connectivity index (χ2n) is 5.00. The highest BCUT2D eigenvalue weighted by atomic mass is 35.5. The number of nitrogens with two attached hydrogens (primary N) is 1. The molecule has 0 atom stereocenters.